The van der Waals surface area contributed by atoms with Crippen molar-refractivity contribution in [3.8, 4) is 61.3 Å². The molecule has 0 aliphatic rings. The van der Waals surface area contributed by atoms with Crippen molar-refractivity contribution in [1.29, 1.82) is 0 Å². The predicted molar refractivity (Wildman–Crippen MR) is 300 cm³/mol. The van der Waals surface area contributed by atoms with E-state index < -0.39 is 0 Å². The number of para-hydroxylation sites is 3. The van der Waals surface area contributed by atoms with Gasteiger partial charge in [-0.15, -0.1) is 0 Å². The Balaban J connectivity index is 0.791. The maximum Gasteiger partial charge on any atom is 0.143 e. The third kappa shape index (κ3) is 7.58. The topological polar surface area (TPSA) is 21.3 Å². The molecule has 0 atom stereocenters. The summed E-state index contributed by atoms with van der Waals surface area (Å²) in [7, 11) is 0. The van der Waals surface area contributed by atoms with Gasteiger partial charge in [-0.1, -0.05) is 201 Å². The number of aromatic nitrogens is 1. The van der Waals surface area contributed by atoms with Crippen molar-refractivity contribution in [2.24, 2.45) is 0 Å². The van der Waals surface area contributed by atoms with E-state index in [2.05, 4.69) is 265 Å². The third-order valence-electron chi connectivity index (χ3n) is 14.0. The van der Waals surface area contributed by atoms with Crippen LogP contribution < -0.4 is 4.90 Å². The summed E-state index contributed by atoms with van der Waals surface area (Å²) in [5.74, 6) is 0. The van der Waals surface area contributed by atoms with E-state index in [1.807, 2.05) is 18.2 Å². The fourth-order valence-electron chi connectivity index (χ4n) is 10.3. The summed E-state index contributed by atoms with van der Waals surface area (Å²) in [5.41, 5.74) is 21.3. The van der Waals surface area contributed by atoms with Gasteiger partial charge in [-0.25, -0.2) is 0 Å². The Kier molecular flexibility index (Phi) is 10.3. The Hall–Kier alpha value is -9.44. The lowest BCUT2D eigenvalue weighted by Gasteiger charge is -2.26. The van der Waals surface area contributed by atoms with Gasteiger partial charge in [0.15, 0.2) is 0 Å². The van der Waals surface area contributed by atoms with Crippen molar-refractivity contribution in [2.75, 3.05) is 4.90 Å². The van der Waals surface area contributed by atoms with Crippen molar-refractivity contribution in [1.82, 2.24) is 4.57 Å². The fraction of sp³-hybridized carbons (Fsp3) is 0. The molecule has 0 aliphatic carbocycles. The Morgan fingerprint density at radius 3 is 1.38 bits per heavy atom. The molecule has 0 saturated heterocycles. The lowest BCUT2D eigenvalue weighted by molar-refractivity contribution is 0.670. The van der Waals surface area contributed by atoms with E-state index in [1.54, 1.807) is 0 Å². The standard InChI is InChI=1S/C68H46N2O/c1-2-46-19-36-59(37-20-46)70-65-17-8-6-13-61(65)64-45-55(35-44-66(64)70)53-23-21-48(22-24-53)51-31-40-57(41-32-51)69(56-38-29-50(30-39-56)47-11-4-3-5-12-47)58-42-33-52(34-43-58)49-25-27-54(28-26-49)60-15-10-16-63-62-14-7-9-18-67(62)71-68(60)63/h2-45H,1H2. The first kappa shape index (κ1) is 41.7. The maximum atomic E-state index is 6.37. The van der Waals surface area contributed by atoms with Crippen LogP contribution in [0.4, 0.5) is 17.1 Å². The van der Waals surface area contributed by atoms with Crippen LogP contribution in [0.25, 0.3) is 111 Å². The molecule has 2 aromatic heterocycles. The molecular formula is C68H46N2O. The second-order valence-corrected chi connectivity index (χ2v) is 18.2. The second-order valence-electron chi connectivity index (χ2n) is 18.2. The molecule has 3 heteroatoms. The molecule has 0 N–H and O–H groups in total. The Morgan fingerprint density at radius 2 is 0.789 bits per heavy atom. The lowest BCUT2D eigenvalue weighted by Crippen LogP contribution is -2.09. The minimum Gasteiger partial charge on any atom is -0.455 e. The first-order valence-corrected chi connectivity index (χ1v) is 24.2. The fourth-order valence-corrected chi connectivity index (χ4v) is 10.3. The van der Waals surface area contributed by atoms with Crippen LogP contribution in [0, 0.1) is 0 Å². The van der Waals surface area contributed by atoms with Gasteiger partial charge in [0.25, 0.3) is 0 Å². The molecule has 0 aliphatic heterocycles. The van der Waals surface area contributed by atoms with Gasteiger partial charge in [-0.3, -0.25) is 0 Å². The molecule has 334 valence electrons. The summed E-state index contributed by atoms with van der Waals surface area (Å²) in [6.45, 7) is 3.94. The van der Waals surface area contributed by atoms with Crippen molar-refractivity contribution >= 4 is 66.9 Å². The van der Waals surface area contributed by atoms with Gasteiger partial charge in [0, 0.05) is 49.9 Å². The van der Waals surface area contributed by atoms with Crippen LogP contribution in [0.2, 0.25) is 0 Å². The number of nitrogens with zero attached hydrogens (tertiary/aromatic N) is 2. The Bertz CT molecular complexity index is 4050. The SMILES string of the molecule is C=Cc1ccc(-n2c3ccccc3c3cc(-c4ccc(-c5ccc(N(c6ccc(-c7ccccc7)cc6)c6ccc(-c7ccc(-c8cccc9c8oc8ccccc89)cc7)cc6)cc5)cc4)ccc32)cc1. The van der Waals surface area contributed by atoms with E-state index in [0.29, 0.717) is 0 Å². The molecule has 13 rings (SSSR count). The Morgan fingerprint density at radius 1 is 0.338 bits per heavy atom. The van der Waals surface area contributed by atoms with Gasteiger partial charge in [-0.05, 0) is 128 Å². The number of fused-ring (bicyclic) bond motifs is 6. The third-order valence-corrected chi connectivity index (χ3v) is 14.0. The summed E-state index contributed by atoms with van der Waals surface area (Å²) in [6.07, 6.45) is 1.89. The van der Waals surface area contributed by atoms with Crippen LogP contribution in [0.15, 0.2) is 272 Å². The van der Waals surface area contributed by atoms with E-state index >= 15 is 0 Å². The molecule has 0 unspecified atom stereocenters. The van der Waals surface area contributed by atoms with E-state index in [4.69, 9.17) is 4.42 Å². The highest BCUT2D eigenvalue weighted by molar-refractivity contribution is 6.11. The molecule has 0 bridgehead atoms. The summed E-state index contributed by atoms with van der Waals surface area (Å²) < 4.78 is 8.72. The quantitative estimate of drug-likeness (QED) is 0.136. The summed E-state index contributed by atoms with van der Waals surface area (Å²) in [5, 5.41) is 4.76. The minimum absolute atomic E-state index is 0.910. The van der Waals surface area contributed by atoms with E-state index in [9.17, 15) is 0 Å². The van der Waals surface area contributed by atoms with E-state index in [1.165, 1.54) is 49.6 Å². The van der Waals surface area contributed by atoms with E-state index in [-0.39, 0.29) is 0 Å². The van der Waals surface area contributed by atoms with Gasteiger partial charge >= 0.3 is 0 Å². The first-order valence-electron chi connectivity index (χ1n) is 24.2. The molecular weight excluding hydrogens is 861 g/mol. The predicted octanol–water partition coefficient (Wildman–Crippen LogP) is 19.1. The zero-order valence-corrected chi connectivity index (χ0v) is 38.9. The van der Waals surface area contributed by atoms with Gasteiger partial charge in [0.05, 0.1) is 11.0 Å². The second kappa shape index (κ2) is 17.6. The van der Waals surface area contributed by atoms with Crippen LogP contribution in [0.3, 0.4) is 0 Å². The van der Waals surface area contributed by atoms with Crippen molar-refractivity contribution < 1.29 is 4.42 Å². The monoisotopic (exact) mass is 906 g/mol. The largest absolute Gasteiger partial charge is 0.455 e. The molecule has 2 heterocycles. The van der Waals surface area contributed by atoms with Crippen molar-refractivity contribution in [3.05, 3.63) is 273 Å². The average molecular weight is 907 g/mol. The molecule has 0 saturated carbocycles. The molecule has 0 spiro atoms. The van der Waals surface area contributed by atoms with Crippen LogP contribution in [-0.2, 0) is 0 Å². The zero-order valence-electron chi connectivity index (χ0n) is 38.9. The smallest absolute Gasteiger partial charge is 0.143 e. The molecule has 0 fully saturated rings. The normalized spacial score (nSPS) is 11.4. The number of furan rings is 1. The van der Waals surface area contributed by atoms with Crippen LogP contribution >= 0.6 is 0 Å². The first-order chi connectivity index (χ1) is 35.1. The summed E-state index contributed by atoms with van der Waals surface area (Å²) in [4.78, 5) is 2.34. The number of hydrogen-bond donors (Lipinski definition) is 0. The number of rotatable bonds is 10. The zero-order chi connectivity index (χ0) is 47.3. The van der Waals surface area contributed by atoms with Crippen LogP contribution in [-0.4, -0.2) is 4.57 Å². The molecule has 3 nitrogen and oxygen atoms in total. The molecule has 13 aromatic rings. The van der Waals surface area contributed by atoms with Gasteiger partial charge < -0.3 is 13.9 Å². The van der Waals surface area contributed by atoms with Crippen molar-refractivity contribution in [2.45, 2.75) is 0 Å². The molecule has 0 radical (unpaired) electrons. The molecule has 11 aromatic carbocycles. The maximum absolute atomic E-state index is 6.37. The number of benzene rings is 11. The lowest BCUT2D eigenvalue weighted by atomic mass is 9.98. The average Bonchev–Trinajstić information content (AvgIpc) is 4.00. The van der Waals surface area contributed by atoms with Gasteiger partial charge in [-0.2, -0.15) is 0 Å². The summed E-state index contributed by atoms with van der Waals surface area (Å²) in [6, 6.07) is 93.8. The molecule has 0 amide bonds. The highest BCUT2D eigenvalue weighted by Crippen LogP contribution is 2.41. The highest BCUT2D eigenvalue weighted by atomic mass is 16.3. The number of hydrogen-bond acceptors (Lipinski definition) is 2. The van der Waals surface area contributed by atoms with E-state index in [0.717, 1.165) is 78.1 Å². The highest BCUT2D eigenvalue weighted by Gasteiger charge is 2.17. The van der Waals surface area contributed by atoms with Gasteiger partial charge in [0.1, 0.15) is 11.2 Å². The van der Waals surface area contributed by atoms with Crippen LogP contribution in [0.5, 0.6) is 0 Å². The van der Waals surface area contributed by atoms with Gasteiger partial charge in [0.2, 0.25) is 0 Å². The number of anilines is 3. The Labute approximate surface area is 413 Å². The van der Waals surface area contributed by atoms with Crippen molar-refractivity contribution in [3.63, 3.8) is 0 Å². The van der Waals surface area contributed by atoms with Crippen LogP contribution in [0.1, 0.15) is 5.56 Å². The summed E-state index contributed by atoms with van der Waals surface area (Å²) >= 11 is 0. The minimum atomic E-state index is 0.910. The molecule has 71 heavy (non-hydrogen) atoms.